The molecule has 0 atom stereocenters. The van der Waals surface area contributed by atoms with Gasteiger partial charge >= 0.3 is 0 Å². The number of aromatic amines is 1. The van der Waals surface area contributed by atoms with Crippen molar-refractivity contribution >= 4 is 38.0 Å². The lowest BCUT2D eigenvalue weighted by Crippen LogP contribution is -2.38. The zero-order chi connectivity index (χ0) is 25.7. The summed E-state index contributed by atoms with van der Waals surface area (Å²) in [5.74, 6) is 0.0510. The Bertz CT molecular complexity index is 1440. The van der Waals surface area contributed by atoms with Crippen LogP contribution in [0.25, 0.3) is 10.9 Å². The second-order valence-electron chi connectivity index (χ2n) is 8.60. The summed E-state index contributed by atoms with van der Waals surface area (Å²) in [6.45, 7) is 6.89. The van der Waals surface area contributed by atoms with Crippen molar-refractivity contribution in [1.82, 2.24) is 9.88 Å². The van der Waals surface area contributed by atoms with Gasteiger partial charge in [-0.05, 0) is 43.4 Å². The van der Waals surface area contributed by atoms with Crippen LogP contribution in [0.3, 0.4) is 0 Å². The molecule has 36 heavy (non-hydrogen) atoms. The molecule has 188 valence electrons. The van der Waals surface area contributed by atoms with E-state index in [-0.39, 0.29) is 5.88 Å². The number of anilines is 1. The average molecular weight is 505 g/mol. The van der Waals surface area contributed by atoms with Crippen LogP contribution in [0.5, 0.6) is 5.88 Å². The molecule has 8 heteroatoms. The number of nitrogens with zero attached hydrogens (tertiary/aromatic N) is 3. The SMILES string of the molecule is CCN(CC)CCN(c1ccc(N=C(c2ccccc2)c2c(O)[nH]c3ccccc23)cc1)S(C)(=O)=O. The van der Waals surface area contributed by atoms with Gasteiger partial charge in [-0.25, -0.2) is 13.4 Å². The highest BCUT2D eigenvalue weighted by Gasteiger charge is 2.20. The molecule has 0 fully saturated rings. The van der Waals surface area contributed by atoms with Crippen LogP contribution >= 0.6 is 0 Å². The van der Waals surface area contributed by atoms with E-state index < -0.39 is 10.0 Å². The molecule has 4 aromatic rings. The third kappa shape index (κ3) is 5.61. The molecule has 2 N–H and O–H groups in total. The first-order valence-electron chi connectivity index (χ1n) is 12.1. The van der Waals surface area contributed by atoms with Crippen LogP contribution in [-0.4, -0.2) is 61.6 Å². The van der Waals surface area contributed by atoms with Crippen LogP contribution in [0.1, 0.15) is 25.0 Å². The number of hydrogen-bond donors (Lipinski definition) is 2. The maximum atomic E-state index is 12.5. The van der Waals surface area contributed by atoms with Gasteiger partial charge < -0.3 is 15.0 Å². The highest BCUT2D eigenvalue weighted by atomic mass is 32.2. The molecular formula is C28H32N4O3S. The summed E-state index contributed by atoms with van der Waals surface area (Å²) in [5.41, 5.74) is 4.18. The van der Waals surface area contributed by atoms with Crippen LogP contribution in [0.4, 0.5) is 11.4 Å². The number of aliphatic imine (C=N–C) groups is 1. The number of rotatable bonds is 10. The van der Waals surface area contributed by atoms with Gasteiger partial charge in [0.2, 0.25) is 10.0 Å². The van der Waals surface area contributed by atoms with Crippen LogP contribution in [0, 0.1) is 0 Å². The Labute approximate surface area is 212 Å². The molecule has 0 radical (unpaired) electrons. The van der Waals surface area contributed by atoms with Gasteiger partial charge in [-0.15, -0.1) is 0 Å². The number of nitrogens with one attached hydrogen (secondary N) is 1. The summed E-state index contributed by atoms with van der Waals surface area (Å²) in [4.78, 5) is 10.1. The maximum absolute atomic E-state index is 12.5. The Morgan fingerprint density at radius 3 is 2.17 bits per heavy atom. The minimum Gasteiger partial charge on any atom is -0.494 e. The van der Waals surface area contributed by atoms with Crippen molar-refractivity contribution in [3.63, 3.8) is 0 Å². The summed E-state index contributed by atoms with van der Waals surface area (Å²) < 4.78 is 26.5. The van der Waals surface area contributed by atoms with Crippen LogP contribution in [0.2, 0.25) is 0 Å². The number of H-pyrrole nitrogens is 1. The largest absolute Gasteiger partial charge is 0.494 e. The molecule has 1 heterocycles. The van der Waals surface area contributed by atoms with Crippen LogP contribution in [-0.2, 0) is 10.0 Å². The van der Waals surface area contributed by atoms with E-state index in [2.05, 4.69) is 23.7 Å². The third-order valence-electron chi connectivity index (χ3n) is 6.26. The highest BCUT2D eigenvalue weighted by molar-refractivity contribution is 7.92. The molecule has 0 spiro atoms. The van der Waals surface area contributed by atoms with Crippen molar-refractivity contribution in [2.75, 3.05) is 36.7 Å². The van der Waals surface area contributed by atoms with Gasteiger partial charge in [0, 0.05) is 29.6 Å². The van der Waals surface area contributed by atoms with E-state index in [9.17, 15) is 13.5 Å². The molecule has 0 amide bonds. The predicted molar refractivity (Wildman–Crippen MR) is 148 cm³/mol. The summed E-state index contributed by atoms with van der Waals surface area (Å²) >= 11 is 0. The maximum Gasteiger partial charge on any atom is 0.232 e. The second kappa shape index (κ2) is 11.0. The summed E-state index contributed by atoms with van der Waals surface area (Å²) in [6.07, 6.45) is 1.23. The lowest BCUT2D eigenvalue weighted by atomic mass is 10.0. The quantitative estimate of drug-likeness (QED) is 0.292. The molecule has 0 saturated carbocycles. The monoisotopic (exact) mass is 504 g/mol. The minimum absolute atomic E-state index is 0.0510. The first-order chi connectivity index (χ1) is 17.3. The number of likely N-dealkylation sites (N-methyl/N-ethyl adjacent to an activating group) is 1. The average Bonchev–Trinajstić information content (AvgIpc) is 3.21. The smallest absolute Gasteiger partial charge is 0.232 e. The molecule has 0 bridgehead atoms. The van der Waals surface area contributed by atoms with E-state index in [1.54, 1.807) is 24.3 Å². The first-order valence-corrected chi connectivity index (χ1v) is 13.9. The number of sulfonamides is 1. The van der Waals surface area contributed by atoms with Crippen molar-refractivity contribution in [2.24, 2.45) is 4.99 Å². The number of benzene rings is 3. The van der Waals surface area contributed by atoms with E-state index in [1.807, 2.05) is 54.6 Å². The Morgan fingerprint density at radius 1 is 0.889 bits per heavy atom. The molecule has 3 aromatic carbocycles. The lowest BCUT2D eigenvalue weighted by Gasteiger charge is -2.26. The van der Waals surface area contributed by atoms with Crippen LogP contribution in [0.15, 0.2) is 83.9 Å². The molecule has 1 aromatic heterocycles. The molecule has 0 aliphatic rings. The first kappa shape index (κ1) is 25.5. The fourth-order valence-corrected chi connectivity index (χ4v) is 5.23. The number of para-hydroxylation sites is 1. The second-order valence-corrected chi connectivity index (χ2v) is 10.5. The molecule has 0 unspecified atom stereocenters. The van der Waals surface area contributed by atoms with E-state index in [4.69, 9.17) is 4.99 Å². The van der Waals surface area contributed by atoms with E-state index in [1.165, 1.54) is 10.6 Å². The molecule has 0 saturated heterocycles. The number of hydrogen-bond acceptors (Lipinski definition) is 5. The Hall–Kier alpha value is -3.62. The van der Waals surface area contributed by atoms with Crippen molar-refractivity contribution in [3.8, 4) is 5.88 Å². The zero-order valence-electron chi connectivity index (χ0n) is 20.8. The van der Waals surface area contributed by atoms with E-state index >= 15 is 0 Å². The normalized spacial score (nSPS) is 12.4. The number of fused-ring (bicyclic) bond motifs is 1. The van der Waals surface area contributed by atoms with Gasteiger partial charge in [0.05, 0.1) is 28.9 Å². The highest BCUT2D eigenvalue weighted by Crippen LogP contribution is 2.32. The van der Waals surface area contributed by atoms with Gasteiger partial charge in [-0.2, -0.15) is 0 Å². The van der Waals surface area contributed by atoms with E-state index in [0.717, 1.165) is 29.6 Å². The third-order valence-corrected chi connectivity index (χ3v) is 7.46. The molecule has 0 aliphatic heterocycles. The lowest BCUT2D eigenvalue weighted by molar-refractivity contribution is 0.313. The number of aromatic hydroxyl groups is 1. The van der Waals surface area contributed by atoms with Crippen molar-refractivity contribution in [2.45, 2.75) is 13.8 Å². The molecular weight excluding hydrogens is 472 g/mol. The fourth-order valence-electron chi connectivity index (χ4n) is 4.31. The van der Waals surface area contributed by atoms with Crippen molar-refractivity contribution < 1.29 is 13.5 Å². The standard InChI is InChI=1S/C28H32N4O3S/c1-4-31(5-2)19-20-32(36(3,34)35)23-17-15-22(16-18-23)29-27(21-11-7-6-8-12-21)26-24-13-9-10-14-25(24)30-28(26)33/h6-18,30,33H,4-5,19-20H2,1-3H3. The number of aromatic nitrogens is 1. The van der Waals surface area contributed by atoms with Gasteiger partial charge in [0.15, 0.2) is 5.88 Å². The minimum atomic E-state index is -3.44. The van der Waals surface area contributed by atoms with Crippen LogP contribution < -0.4 is 4.31 Å². The van der Waals surface area contributed by atoms with Gasteiger partial charge in [0.25, 0.3) is 0 Å². The zero-order valence-corrected chi connectivity index (χ0v) is 21.7. The van der Waals surface area contributed by atoms with E-state index in [0.29, 0.717) is 35.7 Å². The van der Waals surface area contributed by atoms with Crippen molar-refractivity contribution in [1.29, 1.82) is 0 Å². The predicted octanol–water partition coefficient (Wildman–Crippen LogP) is 5.15. The molecule has 0 aliphatic carbocycles. The van der Waals surface area contributed by atoms with Gasteiger partial charge in [-0.1, -0.05) is 62.4 Å². The Morgan fingerprint density at radius 2 is 1.53 bits per heavy atom. The van der Waals surface area contributed by atoms with Crippen molar-refractivity contribution in [3.05, 3.63) is 90.0 Å². The van der Waals surface area contributed by atoms with Gasteiger partial charge in [-0.3, -0.25) is 4.31 Å². The Balaban J connectivity index is 1.73. The fraction of sp³-hybridized carbons (Fsp3) is 0.250. The molecule has 7 nitrogen and oxygen atoms in total. The summed E-state index contributed by atoms with van der Waals surface area (Å²) in [5, 5.41) is 11.7. The topological polar surface area (TPSA) is 89.0 Å². The summed E-state index contributed by atoms with van der Waals surface area (Å²) in [6, 6.07) is 24.6. The van der Waals surface area contributed by atoms with Gasteiger partial charge in [0.1, 0.15) is 0 Å². The summed E-state index contributed by atoms with van der Waals surface area (Å²) in [7, 11) is -3.44. The Kier molecular flexibility index (Phi) is 7.76. The molecule has 4 rings (SSSR count).